The number of thiazole rings is 1. The number of halogens is 1. The summed E-state index contributed by atoms with van der Waals surface area (Å²) < 4.78 is 37.1. The minimum Gasteiger partial charge on any atom is -0.484 e. The number of ether oxygens (including phenoxy) is 4. The van der Waals surface area contributed by atoms with Crippen molar-refractivity contribution in [2.75, 3.05) is 32.2 Å². The molecule has 3 aromatic heterocycles. The number of nitrogens with zero attached hydrogens (tertiary/aromatic N) is 4. The van der Waals surface area contributed by atoms with Gasteiger partial charge in [-0.3, -0.25) is 5.32 Å². The molecule has 0 spiro atoms. The third-order valence-corrected chi connectivity index (χ3v) is 6.80. The van der Waals surface area contributed by atoms with E-state index in [-0.39, 0.29) is 31.5 Å². The molecule has 0 saturated heterocycles. The first-order valence-corrected chi connectivity index (χ1v) is 13.4. The lowest BCUT2D eigenvalue weighted by atomic mass is 10.1. The number of hydrogen-bond donors (Lipinski definition) is 2. The molecule has 0 radical (unpaired) electrons. The van der Waals surface area contributed by atoms with E-state index < -0.39 is 18.0 Å². The Balaban J connectivity index is 1.27. The van der Waals surface area contributed by atoms with Gasteiger partial charge < -0.3 is 24.1 Å². The van der Waals surface area contributed by atoms with Crippen LogP contribution in [0.2, 0.25) is 0 Å². The number of hydrogen-bond acceptors (Lipinski definition) is 11. The van der Waals surface area contributed by atoms with Gasteiger partial charge in [-0.05, 0) is 37.6 Å². The maximum absolute atomic E-state index is 15.0. The van der Waals surface area contributed by atoms with E-state index in [0.717, 1.165) is 15.8 Å². The summed E-state index contributed by atoms with van der Waals surface area (Å²) in [5.41, 5.74) is 3.97. The van der Waals surface area contributed by atoms with Crippen molar-refractivity contribution in [1.29, 1.82) is 0 Å². The highest BCUT2D eigenvalue weighted by Gasteiger charge is 2.18. The Morgan fingerprint density at radius 2 is 1.98 bits per heavy atom. The lowest BCUT2D eigenvalue weighted by Gasteiger charge is -2.16. The maximum Gasteiger partial charge on any atom is 0.411 e. The molecule has 2 aromatic carbocycles. The summed E-state index contributed by atoms with van der Waals surface area (Å²) in [5, 5.41) is 12.1. The standard InChI is InChI=1S/C28H26FN5O6S/c1-15-8-18(26-21(9-15)33-25(37-3)13-31-26)27-34-20-11-19(29)22(12-23(20)41-27)40-16(2)14-39-28(36)32-17-4-5-30-24(10-17)38-7-6-35/h4-5,8-13,16,35H,6-7,14H2,1-3H3,(H,30,32,36)/t16-/m0/s1. The van der Waals surface area contributed by atoms with E-state index in [4.69, 9.17) is 24.1 Å². The van der Waals surface area contributed by atoms with Crippen LogP contribution in [0.3, 0.4) is 0 Å². The number of pyridine rings is 1. The van der Waals surface area contributed by atoms with Crippen LogP contribution in [0.25, 0.3) is 31.8 Å². The molecule has 2 N–H and O–H groups in total. The van der Waals surface area contributed by atoms with E-state index >= 15 is 0 Å². The molecule has 5 rings (SSSR count). The van der Waals surface area contributed by atoms with Crippen LogP contribution in [-0.4, -0.2) is 64.2 Å². The average Bonchev–Trinajstić information content (AvgIpc) is 3.37. The molecular formula is C28H26FN5O6S. The summed E-state index contributed by atoms with van der Waals surface area (Å²) in [4.78, 5) is 29.8. The van der Waals surface area contributed by atoms with Gasteiger partial charge in [0, 0.05) is 30.0 Å². The van der Waals surface area contributed by atoms with Crippen molar-refractivity contribution >= 4 is 44.4 Å². The largest absolute Gasteiger partial charge is 0.484 e. The van der Waals surface area contributed by atoms with Gasteiger partial charge in [-0.2, -0.15) is 0 Å². The number of carbonyl (C=O) groups is 1. The molecule has 0 aliphatic heterocycles. The van der Waals surface area contributed by atoms with Gasteiger partial charge in [-0.1, -0.05) is 0 Å². The highest BCUT2D eigenvalue weighted by atomic mass is 32.1. The molecule has 1 atom stereocenters. The van der Waals surface area contributed by atoms with E-state index in [0.29, 0.717) is 33.1 Å². The lowest BCUT2D eigenvalue weighted by Crippen LogP contribution is -2.24. The Kier molecular flexibility index (Phi) is 8.36. The second-order valence-corrected chi connectivity index (χ2v) is 10.00. The predicted molar refractivity (Wildman–Crippen MR) is 151 cm³/mol. The van der Waals surface area contributed by atoms with Crippen molar-refractivity contribution < 1.29 is 33.2 Å². The SMILES string of the molecule is COc1cnc2c(-c3nc4cc(F)c(O[C@@H](C)COC(=O)Nc5ccnc(OCCO)c5)cc4s3)cc(C)cc2n1. The number of rotatable bonds is 10. The fourth-order valence-corrected chi connectivity index (χ4v) is 4.95. The number of anilines is 1. The van der Waals surface area contributed by atoms with E-state index in [9.17, 15) is 9.18 Å². The van der Waals surface area contributed by atoms with Crippen molar-refractivity contribution in [2.45, 2.75) is 20.0 Å². The second kappa shape index (κ2) is 12.3. The number of benzene rings is 2. The molecule has 1 amide bonds. The van der Waals surface area contributed by atoms with Crippen LogP contribution in [0, 0.1) is 12.7 Å². The molecule has 13 heteroatoms. The Labute approximate surface area is 237 Å². The van der Waals surface area contributed by atoms with Crippen molar-refractivity contribution in [3.05, 3.63) is 60.2 Å². The van der Waals surface area contributed by atoms with Gasteiger partial charge in [0.15, 0.2) is 11.6 Å². The molecular weight excluding hydrogens is 553 g/mol. The molecule has 212 valence electrons. The van der Waals surface area contributed by atoms with Crippen molar-refractivity contribution in [1.82, 2.24) is 19.9 Å². The van der Waals surface area contributed by atoms with Crippen molar-refractivity contribution in [3.8, 4) is 28.1 Å². The Morgan fingerprint density at radius 3 is 2.78 bits per heavy atom. The fourth-order valence-electron chi connectivity index (χ4n) is 3.96. The minimum absolute atomic E-state index is 0.0163. The van der Waals surface area contributed by atoms with Crippen LogP contribution in [0.5, 0.6) is 17.5 Å². The average molecular weight is 580 g/mol. The third-order valence-electron chi connectivity index (χ3n) is 5.75. The second-order valence-electron chi connectivity index (χ2n) is 8.97. The highest BCUT2D eigenvalue weighted by Crippen LogP contribution is 2.37. The summed E-state index contributed by atoms with van der Waals surface area (Å²) in [7, 11) is 1.53. The van der Waals surface area contributed by atoms with Gasteiger partial charge in [0.25, 0.3) is 0 Å². The van der Waals surface area contributed by atoms with Crippen molar-refractivity contribution in [3.63, 3.8) is 0 Å². The monoisotopic (exact) mass is 579 g/mol. The number of nitrogens with one attached hydrogen (secondary N) is 1. The number of aryl methyl sites for hydroxylation is 1. The molecule has 5 aromatic rings. The highest BCUT2D eigenvalue weighted by molar-refractivity contribution is 7.21. The number of aromatic nitrogens is 4. The first-order valence-electron chi connectivity index (χ1n) is 12.5. The Bertz CT molecular complexity index is 1720. The summed E-state index contributed by atoms with van der Waals surface area (Å²) in [6, 6.07) is 9.84. The Morgan fingerprint density at radius 1 is 1.12 bits per heavy atom. The van der Waals surface area contributed by atoms with Crippen LogP contribution < -0.4 is 19.5 Å². The van der Waals surface area contributed by atoms with E-state index in [2.05, 4.69) is 25.3 Å². The van der Waals surface area contributed by atoms with E-state index in [1.54, 1.807) is 25.3 Å². The quantitative estimate of drug-likeness (QED) is 0.229. The predicted octanol–water partition coefficient (Wildman–Crippen LogP) is 5.14. The molecule has 0 aliphatic rings. The maximum atomic E-state index is 15.0. The fraction of sp³-hybridized carbons (Fsp3) is 0.250. The van der Waals surface area contributed by atoms with Gasteiger partial charge in [-0.15, -0.1) is 11.3 Å². The van der Waals surface area contributed by atoms with Crippen LogP contribution in [0.4, 0.5) is 14.9 Å². The summed E-state index contributed by atoms with van der Waals surface area (Å²) in [6.07, 6.45) is 1.62. The molecule has 0 fully saturated rings. The minimum atomic E-state index is -0.728. The topological polar surface area (TPSA) is 138 Å². The van der Waals surface area contributed by atoms with Crippen LogP contribution in [0.1, 0.15) is 12.5 Å². The van der Waals surface area contributed by atoms with Gasteiger partial charge in [0.2, 0.25) is 11.8 Å². The molecule has 0 bridgehead atoms. The van der Waals surface area contributed by atoms with Crippen molar-refractivity contribution in [2.24, 2.45) is 0 Å². The molecule has 3 heterocycles. The van der Waals surface area contributed by atoms with Crippen LogP contribution in [0.15, 0.2) is 48.8 Å². The molecule has 0 aliphatic carbocycles. The normalized spacial score (nSPS) is 11.8. The number of amides is 1. The first kappa shape index (κ1) is 27.9. The molecule has 11 nitrogen and oxygen atoms in total. The zero-order valence-electron chi connectivity index (χ0n) is 22.4. The molecule has 41 heavy (non-hydrogen) atoms. The van der Waals surface area contributed by atoms with E-state index in [1.807, 2.05) is 19.1 Å². The van der Waals surface area contributed by atoms with Gasteiger partial charge in [-0.25, -0.2) is 29.1 Å². The van der Waals surface area contributed by atoms with E-state index in [1.165, 1.54) is 36.8 Å². The molecule has 0 unspecified atom stereocenters. The number of methoxy groups -OCH3 is 1. The zero-order chi connectivity index (χ0) is 28.9. The van der Waals surface area contributed by atoms with Crippen LogP contribution in [-0.2, 0) is 4.74 Å². The third kappa shape index (κ3) is 6.58. The number of aliphatic hydroxyl groups is 1. The van der Waals surface area contributed by atoms with Gasteiger partial charge in [0.05, 0.1) is 46.9 Å². The summed E-state index contributed by atoms with van der Waals surface area (Å²) in [6.45, 7) is 3.40. The number of aliphatic hydroxyl groups excluding tert-OH is 1. The van der Waals surface area contributed by atoms with Gasteiger partial charge >= 0.3 is 6.09 Å². The first-order chi connectivity index (χ1) is 19.8. The smallest absolute Gasteiger partial charge is 0.411 e. The Hall–Kier alpha value is -4.62. The zero-order valence-corrected chi connectivity index (χ0v) is 23.2. The number of fused-ring (bicyclic) bond motifs is 2. The number of carbonyl (C=O) groups excluding carboxylic acids is 1. The molecule has 0 saturated carbocycles. The van der Waals surface area contributed by atoms with Crippen LogP contribution >= 0.6 is 11.3 Å². The van der Waals surface area contributed by atoms with Gasteiger partial charge in [0.1, 0.15) is 24.3 Å². The lowest BCUT2D eigenvalue weighted by molar-refractivity contribution is 0.0969. The summed E-state index contributed by atoms with van der Waals surface area (Å²) in [5.74, 6) is 0.0849. The summed E-state index contributed by atoms with van der Waals surface area (Å²) >= 11 is 1.38.